The molecule has 134 valence electrons. The Balaban J connectivity index is 1.83. The fraction of sp³-hybridized carbons (Fsp3) is 0.158. The van der Waals surface area contributed by atoms with Crippen molar-refractivity contribution in [3.8, 4) is 0 Å². The molecule has 1 aromatic heterocycles. The fourth-order valence-electron chi connectivity index (χ4n) is 3.29. The van der Waals surface area contributed by atoms with Gasteiger partial charge in [-0.2, -0.15) is 4.31 Å². The molecule has 0 aliphatic carbocycles. The summed E-state index contributed by atoms with van der Waals surface area (Å²) in [5.41, 5.74) is 1.95. The molecule has 7 heteroatoms. The molecule has 0 N–H and O–H groups in total. The molecule has 0 radical (unpaired) electrons. The topological polar surface area (TPSA) is 37.4 Å². The second-order valence-corrected chi connectivity index (χ2v) is 9.84. The first-order chi connectivity index (χ1) is 12.5. The van der Waals surface area contributed by atoms with Gasteiger partial charge in [-0.25, -0.2) is 8.42 Å². The lowest BCUT2D eigenvalue weighted by atomic mass is 9.95. The molecule has 0 amide bonds. The number of halogens is 2. The number of hydrogen-bond donors (Lipinski definition) is 0. The maximum atomic E-state index is 13.3. The molecule has 2 aromatic carbocycles. The van der Waals surface area contributed by atoms with Crippen LogP contribution >= 0.6 is 34.5 Å². The predicted molar refractivity (Wildman–Crippen MR) is 107 cm³/mol. The lowest BCUT2D eigenvalue weighted by Gasteiger charge is -2.35. The third kappa shape index (κ3) is 3.19. The standard InChI is InChI=1S/C19H15Cl2NO2S2/c20-14-3-1-13(2-4-14)19-17-10-12-25-18(17)9-11-22(19)26(23,24)16-7-5-15(21)6-8-16/h1-8,10,12,19H,9,11H2/t19-/m1/s1. The zero-order valence-corrected chi connectivity index (χ0v) is 16.7. The number of rotatable bonds is 3. The van der Waals surface area contributed by atoms with Crippen molar-refractivity contribution in [3.63, 3.8) is 0 Å². The van der Waals surface area contributed by atoms with Gasteiger partial charge >= 0.3 is 0 Å². The largest absolute Gasteiger partial charge is 0.243 e. The van der Waals surface area contributed by atoms with Crippen LogP contribution in [-0.2, 0) is 16.4 Å². The van der Waals surface area contributed by atoms with Crippen LogP contribution in [0.25, 0.3) is 0 Å². The lowest BCUT2D eigenvalue weighted by Crippen LogP contribution is -2.40. The van der Waals surface area contributed by atoms with Gasteiger partial charge in [0.2, 0.25) is 10.0 Å². The molecule has 0 unspecified atom stereocenters. The number of nitrogens with zero attached hydrogens (tertiary/aromatic N) is 1. The van der Waals surface area contributed by atoms with Crippen molar-refractivity contribution in [2.75, 3.05) is 6.54 Å². The smallest absolute Gasteiger partial charge is 0.207 e. The first-order valence-electron chi connectivity index (χ1n) is 8.06. The Kier molecular flexibility index (Phi) is 4.84. The average molecular weight is 424 g/mol. The highest BCUT2D eigenvalue weighted by molar-refractivity contribution is 7.89. The van der Waals surface area contributed by atoms with E-state index in [0.717, 1.165) is 11.1 Å². The molecule has 3 aromatic rings. The van der Waals surface area contributed by atoms with Gasteiger partial charge in [-0.1, -0.05) is 35.3 Å². The van der Waals surface area contributed by atoms with Crippen molar-refractivity contribution < 1.29 is 8.42 Å². The summed E-state index contributed by atoms with van der Waals surface area (Å²) in [6, 6.07) is 15.4. The van der Waals surface area contributed by atoms with Crippen molar-refractivity contribution in [3.05, 3.63) is 86.0 Å². The van der Waals surface area contributed by atoms with Gasteiger partial charge in [0.15, 0.2) is 0 Å². The van der Waals surface area contributed by atoms with E-state index in [9.17, 15) is 8.42 Å². The molecule has 1 aliphatic rings. The summed E-state index contributed by atoms with van der Waals surface area (Å²) in [5, 5.41) is 3.16. The van der Waals surface area contributed by atoms with Crippen LogP contribution in [0.3, 0.4) is 0 Å². The molecule has 0 bridgehead atoms. The second-order valence-electron chi connectivity index (χ2n) is 6.07. The summed E-state index contributed by atoms with van der Waals surface area (Å²) in [5.74, 6) is 0. The maximum absolute atomic E-state index is 13.3. The van der Waals surface area contributed by atoms with Gasteiger partial charge in [0.25, 0.3) is 0 Å². The molecule has 0 saturated carbocycles. The van der Waals surface area contributed by atoms with E-state index in [0.29, 0.717) is 23.0 Å². The van der Waals surface area contributed by atoms with E-state index in [2.05, 4.69) is 0 Å². The Labute approximate surface area is 166 Å². The molecule has 4 rings (SSSR count). The molecule has 0 spiro atoms. The van der Waals surface area contributed by atoms with Crippen LogP contribution in [0.4, 0.5) is 0 Å². The van der Waals surface area contributed by atoms with Gasteiger partial charge in [-0.15, -0.1) is 11.3 Å². The summed E-state index contributed by atoms with van der Waals surface area (Å²) in [6.07, 6.45) is 0.712. The molecule has 2 heterocycles. The van der Waals surface area contributed by atoms with E-state index in [1.54, 1.807) is 52.0 Å². The van der Waals surface area contributed by atoms with E-state index in [1.165, 1.54) is 4.88 Å². The van der Waals surface area contributed by atoms with Crippen LogP contribution < -0.4 is 0 Å². The van der Waals surface area contributed by atoms with E-state index in [1.807, 2.05) is 23.6 Å². The Bertz CT molecular complexity index is 1030. The third-order valence-corrected chi connectivity index (χ3v) is 7.91. The molecule has 0 saturated heterocycles. The summed E-state index contributed by atoms with van der Waals surface area (Å²) in [6.45, 7) is 0.436. The highest BCUT2D eigenvalue weighted by atomic mass is 35.5. The Morgan fingerprint density at radius 1 is 0.923 bits per heavy atom. The number of benzene rings is 2. The lowest BCUT2D eigenvalue weighted by molar-refractivity contribution is 0.347. The van der Waals surface area contributed by atoms with Crippen molar-refractivity contribution in [2.24, 2.45) is 0 Å². The monoisotopic (exact) mass is 423 g/mol. The zero-order chi connectivity index (χ0) is 18.3. The molecule has 1 aliphatic heterocycles. The van der Waals surface area contributed by atoms with Crippen LogP contribution in [0.2, 0.25) is 10.0 Å². The first-order valence-corrected chi connectivity index (χ1v) is 11.1. The van der Waals surface area contributed by atoms with Gasteiger partial charge in [0.1, 0.15) is 0 Å². The summed E-state index contributed by atoms with van der Waals surface area (Å²) in [7, 11) is -3.66. The van der Waals surface area contributed by atoms with E-state index in [4.69, 9.17) is 23.2 Å². The number of hydrogen-bond acceptors (Lipinski definition) is 3. The molecule has 26 heavy (non-hydrogen) atoms. The summed E-state index contributed by atoms with van der Waals surface area (Å²) < 4.78 is 28.3. The van der Waals surface area contributed by atoms with Crippen molar-refractivity contribution >= 4 is 44.6 Å². The van der Waals surface area contributed by atoms with Gasteiger partial charge in [0, 0.05) is 21.5 Å². The number of thiophene rings is 1. The zero-order valence-electron chi connectivity index (χ0n) is 13.6. The van der Waals surface area contributed by atoms with Gasteiger partial charge < -0.3 is 0 Å². The van der Waals surface area contributed by atoms with Crippen LogP contribution in [-0.4, -0.2) is 19.3 Å². The second kappa shape index (κ2) is 6.98. The minimum atomic E-state index is -3.66. The highest BCUT2D eigenvalue weighted by Crippen LogP contribution is 2.41. The van der Waals surface area contributed by atoms with Crippen LogP contribution in [0.1, 0.15) is 22.0 Å². The SMILES string of the molecule is O=S(=O)(c1ccc(Cl)cc1)N1CCc2sccc2[C@H]1c1ccc(Cl)cc1. The average Bonchev–Trinajstić information content (AvgIpc) is 3.11. The highest BCUT2D eigenvalue weighted by Gasteiger charge is 2.37. The normalized spacial score (nSPS) is 17.8. The third-order valence-electron chi connectivity index (χ3n) is 4.53. The minimum absolute atomic E-state index is 0.250. The molecule has 3 nitrogen and oxygen atoms in total. The van der Waals surface area contributed by atoms with Crippen LogP contribution in [0, 0.1) is 0 Å². The van der Waals surface area contributed by atoms with E-state index >= 15 is 0 Å². The molecular formula is C19H15Cl2NO2S2. The van der Waals surface area contributed by atoms with Crippen molar-refractivity contribution in [2.45, 2.75) is 17.4 Å². The Hall–Kier alpha value is -1.37. The summed E-state index contributed by atoms with van der Waals surface area (Å²) in [4.78, 5) is 1.48. The fourth-order valence-corrected chi connectivity index (χ4v) is 6.04. The summed E-state index contributed by atoms with van der Waals surface area (Å²) >= 11 is 13.6. The van der Waals surface area contributed by atoms with E-state index < -0.39 is 10.0 Å². The Morgan fingerprint density at radius 3 is 2.19 bits per heavy atom. The van der Waals surface area contributed by atoms with Crippen molar-refractivity contribution in [1.82, 2.24) is 4.31 Å². The predicted octanol–water partition coefficient (Wildman–Crippen LogP) is 5.39. The molecule has 1 atom stereocenters. The van der Waals surface area contributed by atoms with Crippen LogP contribution in [0.5, 0.6) is 0 Å². The Morgan fingerprint density at radius 2 is 1.54 bits per heavy atom. The van der Waals surface area contributed by atoms with Gasteiger partial charge in [-0.3, -0.25) is 0 Å². The van der Waals surface area contributed by atoms with Gasteiger partial charge in [0.05, 0.1) is 10.9 Å². The number of sulfonamides is 1. The van der Waals surface area contributed by atoms with E-state index in [-0.39, 0.29) is 10.9 Å². The maximum Gasteiger partial charge on any atom is 0.243 e. The quantitative estimate of drug-likeness (QED) is 0.565. The molecular weight excluding hydrogens is 409 g/mol. The molecule has 0 fully saturated rings. The minimum Gasteiger partial charge on any atom is -0.207 e. The number of fused-ring (bicyclic) bond motifs is 1. The van der Waals surface area contributed by atoms with Crippen LogP contribution in [0.15, 0.2) is 64.9 Å². The van der Waals surface area contributed by atoms with Gasteiger partial charge in [-0.05, 0) is 65.4 Å². The van der Waals surface area contributed by atoms with Crippen molar-refractivity contribution in [1.29, 1.82) is 0 Å². The first kappa shape index (κ1) is 18.0.